The molecule has 1 N–H and O–H groups in total. The van der Waals surface area contributed by atoms with E-state index in [-0.39, 0.29) is 33.3 Å². The van der Waals surface area contributed by atoms with Gasteiger partial charge in [-0.2, -0.15) is 0 Å². The summed E-state index contributed by atoms with van der Waals surface area (Å²) in [5.74, 6) is 0.558. The summed E-state index contributed by atoms with van der Waals surface area (Å²) in [5.41, 5.74) is 0.772. The number of morpholine rings is 1. The van der Waals surface area contributed by atoms with Crippen molar-refractivity contribution in [2.75, 3.05) is 35.9 Å². The normalized spacial score (nSPS) is 14.7. The van der Waals surface area contributed by atoms with Crippen LogP contribution in [0.2, 0.25) is 0 Å². The highest BCUT2D eigenvalue weighted by Gasteiger charge is 2.25. The van der Waals surface area contributed by atoms with Crippen molar-refractivity contribution in [2.24, 2.45) is 0 Å². The van der Waals surface area contributed by atoms with Crippen molar-refractivity contribution in [1.82, 2.24) is 24.7 Å². The second kappa shape index (κ2) is 8.08. The molecule has 5 rings (SSSR count). The summed E-state index contributed by atoms with van der Waals surface area (Å²) in [6.07, 6.45) is 3.17. The van der Waals surface area contributed by atoms with Gasteiger partial charge in [0.15, 0.2) is 16.5 Å². The summed E-state index contributed by atoms with van der Waals surface area (Å²) in [7, 11) is -3.98. The van der Waals surface area contributed by atoms with E-state index in [0.717, 1.165) is 0 Å². The lowest BCUT2D eigenvalue weighted by molar-refractivity contribution is 0.122. The minimum absolute atomic E-state index is 0.0508. The van der Waals surface area contributed by atoms with E-state index < -0.39 is 15.8 Å². The third-order valence-corrected chi connectivity index (χ3v) is 6.87. The standard InChI is InChI=1S/C20H20FN7O4S/c1-12-19(13(2)32-25-12)33(29,30)26-14-3-4-16(21)15(9-14)17-11-28-20(23-17)22-10-18(24-28)27-5-7-31-8-6-27/h3-4,9-11,26H,5-8H2,1-2H3. The number of hydrogen-bond donors (Lipinski definition) is 1. The second-order valence-corrected chi connectivity index (χ2v) is 9.16. The van der Waals surface area contributed by atoms with E-state index in [1.165, 1.54) is 36.6 Å². The molecule has 0 spiro atoms. The summed E-state index contributed by atoms with van der Waals surface area (Å²) in [5, 5.41) is 8.20. The zero-order valence-electron chi connectivity index (χ0n) is 17.8. The third-order valence-electron chi connectivity index (χ3n) is 5.24. The van der Waals surface area contributed by atoms with E-state index in [9.17, 15) is 12.8 Å². The van der Waals surface area contributed by atoms with Gasteiger partial charge in [0.25, 0.3) is 15.8 Å². The molecule has 4 aromatic rings. The number of nitrogens with one attached hydrogen (secondary N) is 1. The van der Waals surface area contributed by atoms with Crippen LogP contribution in [0.15, 0.2) is 40.0 Å². The van der Waals surface area contributed by atoms with Crippen LogP contribution in [0.3, 0.4) is 0 Å². The lowest BCUT2D eigenvalue weighted by atomic mass is 10.1. The Kier molecular flexibility index (Phi) is 5.21. The number of fused-ring (bicyclic) bond motifs is 1. The Morgan fingerprint density at radius 2 is 1.97 bits per heavy atom. The van der Waals surface area contributed by atoms with Gasteiger partial charge in [-0.15, -0.1) is 5.10 Å². The molecular weight excluding hydrogens is 453 g/mol. The number of rotatable bonds is 5. The van der Waals surface area contributed by atoms with Gasteiger partial charge in [-0.3, -0.25) is 4.72 Å². The Bertz CT molecular complexity index is 1420. The molecule has 172 valence electrons. The Balaban J connectivity index is 1.47. The fourth-order valence-electron chi connectivity index (χ4n) is 3.69. The molecule has 1 aliphatic heterocycles. The fraction of sp³-hybridized carbons (Fsp3) is 0.300. The first-order valence-corrected chi connectivity index (χ1v) is 11.6. The van der Waals surface area contributed by atoms with E-state index in [2.05, 4.69) is 24.9 Å². The second-order valence-electron chi connectivity index (χ2n) is 7.54. The van der Waals surface area contributed by atoms with Crippen LogP contribution < -0.4 is 9.62 Å². The molecule has 0 aliphatic carbocycles. The molecule has 33 heavy (non-hydrogen) atoms. The Labute approximate surface area is 188 Å². The van der Waals surface area contributed by atoms with Crippen LogP contribution >= 0.6 is 0 Å². The molecule has 1 aliphatic rings. The molecule has 1 fully saturated rings. The van der Waals surface area contributed by atoms with E-state index in [4.69, 9.17) is 9.26 Å². The quantitative estimate of drug-likeness (QED) is 0.464. The SMILES string of the molecule is Cc1noc(C)c1S(=O)(=O)Nc1ccc(F)c(-c2cn3nc(N4CCOCC4)cnc3n2)c1. The van der Waals surface area contributed by atoms with Crippen LogP contribution in [0, 0.1) is 19.7 Å². The average Bonchev–Trinajstić information content (AvgIpc) is 3.37. The number of aryl methyl sites for hydroxylation is 2. The van der Waals surface area contributed by atoms with Crippen molar-refractivity contribution in [2.45, 2.75) is 18.7 Å². The third kappa shape index (κ3) is 4.00. The zero-order chi connectivity index (χ0) is 23.2. The largest absolute Gasteiger partial charge is 0.378 e. The maximum absolute atomic E-state index is 14.7. The van der Waals surface area contributed by atoms with Gasteiger partial charge in [0, 0.05) is 24.3 Å². The average molecular weight is 473 g/mol. The van der Waals surface area contributed by atoms with Crippen LogP contribution in [0.4, 0.5) is 15.9 Å². The lowest BCUT2D eigenvalue weighted by Crippen LogP contribution is -2.37. The molecule has 1 saturated heterocycles. The van der Waals surface area contributed by atoms with Crippen molar-refractivity contribution in [3.8, 4) is 11.3 Å². The van der Waals surface area contributed by atoms with Crippen molar-refractivity contribution in [3.05, 3.63) is 47.9 Å². The smallest absolute Gasteiger partial charge is 0.267 e. The maximum Gasteiger partial charge on any atom is 0.267 e. The molecule has 0 radical (unpaired) electrons. The lowest BCUT2D eigenvalue weighted by Gasteiger charge is -2.27. The molecule has 4 heterocycles. The number of halogens is 1. The van der Waals surface area contributed by atoms with E-state index in [1.54, 1.807) is 12.4 Å². The summed E-state index contributed by atoms with van der Waals surface area (Å²) >= 11 is 0. The number of ether oxygens (including phenoxy) is 1. The number of nitrogens with zero attached hydrogens (tertiary/aromatic N) is 6. The minimum Gasteiger partial charge on any atom is -0.378 e. The number of aromatic nitrogens is 5. The van der Waals surface area contributed by atoms with E-state index in [1.807, 2.05) is 4.90 Å². The first-order valence-electron chi connectivity index (χ1n) is 10.1. The Hall–Kier alpha value is -3.58. The molecule has 1 aromatic carbocycles. The highest BCUT2D eigenvalue weighted by atomic mass is 32.2. The first kappa shape index (κ1) is 21.3. The van der Waals surface area contributed by atoms with Crippen molar-refractivity contribution < 1.29 is 22.1 Å². The van der Waals surface area contributed by atoms with Gasteiger partial charge in [-0.1, -0.05) is 5.16 Å². The predicted octanol–water partition coefficient (Wildman–Crippen LogP) is 2.17. The number of anilines is 2. The summed E-state index contributed by atoms with van der Waals surface area (Å²) in [4.78, 5) is 10.7. The highest BCUT2D eigenvalue weighted by Crippen LogP contribution is 2.28. The number of hydrogen-bond acceptors (Lipinski definition) is 9. The van der Waals surface area contributed by atoms with E-state index >= 15 is 0 Å². The predicted molar refractivity (Wildman–Crippen MR) is 116 cm³/mol. The topological polar surface area (TPSA) is 128 Å². The number of benzene rings is 1. The van der Waals surface area contributed by atoms with Crippen LogP contribution in [-0.4, -0.2) is 59.5 Å². The van der Waals surface area contributed by atoms with Crippen LogP contribution in [0.5, 0.6) is 0 Å². The Morgan fingerprint density at radius 3 is 2.70 bits per heavy atom. The monoisotopic (exact) mass is 473 g/mol. The fourth-order valence-corrected chi connectivity index (χ4v) is 5.07. The van der Waals surface area contributed by atoms with Crippen molar-refractivity contribution in [3.63, 3.8) is 0 Å². The Morgan fingerprint density at radius 1 is 1.18 bits per heavy atom. The number of imidazole rings is 1. The first-order chi connectivity index (χ1) is 15.8. The van der Waals surface area contributed by atoms with E-state index in [0.29, 0.717) is 37.9 Å². The van der Waals surface area contributed by atoms with Gasteiger partial charge >= 0.3 is 0 Å². The highest BCUT2D eigenvalue weighted by molar-refractivity contribution is 7.92. The summed E-state index contributed by atoms with van der Waals surface area (Å²) in [6, 6.07) is 3.87. The summed E-state index contributed by atoms with van der Waals surface area (Å²) in [6.45, 7) is 5.65. The number of sulfonamides is 1. The van der Waals surface area contributed by atoms with Crippen molar-refractivity contribution in [1.29, 1.82) is 0 Å². The molecule has 3 aromatic heterocycles. The maximum atomic E-state index is 14.7. The molecule has 0 saturated carbocycles. The van der Waals surface area contributed by atoms with Gasteiger partial charge in [-0.05, 0) is 32.0 Å². The van der Waals surface area contributed by atoms with Gasteiger partial charge in [0.05, 0.1) is 31.3 Å². The van der Waals surface area contributed by atoms with Crippen molar-refractivity contribution >= 4 is 27.3 Å². The molecule has 13 heteroatoms. The van der Waals surface area contributed by atoms with Crippen LogP contribution in [0.1, 0.15) is 11.5 Å². The minimum atomic E-state index is -3.98. The molecule has 0 amide bonds. The molecule has 0 atom stereocenters. The van der Waals surface area contributed by atoms with Gasteiger partial charge in [0.2, 0.25) is 0 Å². The van der Waals surface area contributed by atoms with Crippen LogP contribution in [0.25, 0.3) is 17.0 Å². The molecule has 0 bridgehead atoms. The molecule has 0 unspecified atom stereocenters. The zero-order valence-corrected chi connectivity index (χ0v) is 18.6. The molecule has 11 nitrogen and oxygen atoms in total. The van der Waals surface area contributed by atoms with Gasteiger partial charge < -0.3 is 14.2 Å². The summed E-state index contributed by atoms with van der Waals surface area (Å²) < 4.78 is 54.5. The van der Waals surface area contributed by atoms with Gasteiger partial charge in [0.1, 0.15) is 11.5 Å². The van der Waals surface area contributed by atoms with Crippen LogP contribution in [-0.2, 0) is 14.8 Å². The molecular formula is C20H20FN7O4S. The van der Waals surface area contributed by atoms with Gasteiger partial charge in [-0.25, -0.2) is 27.3 Å².